The molecule has 0 aliphatic rings. The summed E-state index contributed by atoms with van der Waals surface area (Å²) in [7, 11) is -4.08. The Hall–Kier alpha value is -3.65. The van der Waals surface area contributed by atoms with E-state index in [1.54, 1.807) is 43.3 Å². The second-order valence-electron chi connectivity index (χ2n) is 10.3. The highest BCUT2D eigenvalue weighted by Crippen LogP contribution is 2.26. The summed E-state index contributed by atoms with van der Waals surface area (Å²) in [5.74, 6) is -0.738. The predicted molar refractivity (Wildman–Crippen MR) is 156 cm³/mol. The van der Waals surface area contributed by atoms with Crippen molar-refractivity contribution in [2.45, 2.75) is 64.9 Å². The topological polar surface area (TPSA) is 86.8 Å². The molecule has 8 heteroatoms. The summed E-state index contributed by atoms with van der Waals surface area (Å²) in [6, 6.07) is 20.9. The molecule has 1 atom stereocenters. The van der Waals surface area contributed by atoms with Crippen molar-refractivity contribution >= 4 is 27.5 Å². The second kappa shape index (κ2) is 12.9. The Bertz CT molecular complexity index is 1370. The predicted octanol–water partition coefficient (Wildman–Crippen LogP) is 4.79. The van der Waals surface area contributed by atoms with Gasteiger partial charge in [0.05, 0.1) is 10.6 Å². The molecule has 0 aromatic heterocycles. The van der Waals surface area contributed by atoms with Gasteiger partial charge in [0.25, 0.3) is 10.0 Å². The van der Waals surface area contributed by atoms with Gasteiger partial charge < -0.3 is 10.2 Å². The minimum absolute atomic E-state index is 0.0975. The molecule has 0 saturated carbocycles. The summed E-state index contributed by atoms with van der Waals surface area (Å²) >= 11 is 0. The molecule has 3 aromatic rings. The van der Waals surface area contributed by atoms with Crippen LogP contribution in [-0.2, 0) is 26.0 Å². The molecule has 0 aliphatic carbocycles. The Morgan fingerprint density at radius 2 is 1.41 bits per heavy atom. The van der Waals surface area contributed by atoms with Crippen LogP contribution in [0.25, 0.3) is 0 Å². The summed E-state index contributed by atoms with van der Waals surface area (Å²) in [6.45, 7) is 10.9. The monoisotopic (exact) mass is 549 g/mol. The third kappa shape index (κ3) is 7.93. The maximum Gasteiger partial charge on any atom is 0.264 e. The van der Waals surface area contributed by atoms with E-state index in [1.165, 1.54) is 4.90 Å². The lowest BCUT2D eigenvalue weighted by Gasteiger charge is -2.32. The average Bonchev–Trinajstić information content (AvgIpc) is 2.87. The number of carbonyl (C=O) groups is 2. The molecule has 0 heterocycles. The van der Waals surface area contributed by atoms with Crippen molar-refractivity contribution in [3.63, 3.8) is 0 Å². The number of anilines is 1. The standard InChI is InChI=1S/C31H39N3O4S/c1-22(2)32-31(36)26(6)33(17-16-27-10-8-7-9-11-27)30(35)21-34(28-19-24(4)18-25(5)20-28)39(37,38)29-14-12-23(3)13-15-29/h7-15,18-20,22,26H,16-17,21H2,1-6H3,(H,32,36). The van der Waals surface area contributed by atoms with Crippen LogP contribution in [-0.4, -0.2) is 50.3 Å². The Morgan fingerprint density at radius 1 is 0.821 bits per heavy atom. The third-order valence-corrected chi connectivity index (χ3v) is 8.25. The maximum atomic E-state index is 13.9. The van der Waals surface area contributed by atoms with Gasteiger partial charge in [0.15, 0.2) is 0 Å². The molecule has 0 radical (unpaired) electrons. The fraction of sp³-hybridized carbons (Fsp3) is 0.355. The molecule has 1 N–H and O–H groups in total. The largest absolute Gasteiger partial charge is 0.352 e. The van der Waals surface area contributed by atoms with Gasteiger partial charge in [-0.25, -0.2) is 8.42 Å². The highest BCUT2D eigenvalue weighted by molar-refractivity contribution is 7.92. The van der Waals surface area contributed by atoms with Crippen molar-refractivity contribution < 1.29 is 18.0 Å². The lowest BCUT2D eigenvalue weighted by atomic mass is 10.1. The minimum Gasteiger partial charge on any atom is -0.352 e. The lowest BCUT2D eigenvalue weighted by molar-refractivity contribution is -0.139. The summed E-state index contributed by atoms with van der Waals surface area (Å²) in [5, 5.41) is 2.87. The Labute approximate surface area is 232 Å². The molecule has 0 saturated heterocycles. The lowest BCUT2D eigenvalue weighted by Crippen LogP contribution is -2.53. The van der Waals surface area contributed by atoms with Crippen LogP contribution in [0.2, 0.25) is 0 Å². The van der Waals surface area contributed by atoms with Crippen molar-refractivity contribution in [1.29, 1.82) is 0 Å². The van der Waals surface area contributed by atoms with Gasteiger partial charge in [-0.15, -0.1) is 0 Å². The Morgan fingerprint density at radius 3 is 1.97 bits per heavy atom. The molecule has 0 aliphatic heterocycles. The number of rotatable bonds is 11. The van der Waals surface area contributed by atoms with E-state index in [2.05, 4.69) is 5.32 Å². The zero-order valence-electron chi connectivity index (χ0n) is 23.6. The van der Waals surface area contributed by atoms with Crippen LogP contribution in [0.5, 0.6) is 0 Å². The molecule has 2 amide bonds. The number of benzene rings is 3. The number of carbonyl (C=O) groups excluding carboxylic acids is 2. The molecular formula is C31H39N3O4S. The van der Waals surface area contributed by atoms with E-state index < -0.39 is 28.5 Å². The normalized spacial score (nSPS) is 12.2. The van der Waals surface area contributed by atoms with E-state index in [9.17, 15) is 18.0 Å². The van der Waals surface area contributed by atoms with E-state index in [1.807, 2.05) is 71.0 Å². The maximum absolute atomic E-state index is 13.9. The molecule has 1 unspecified atom stereocenters. The van der Waals surface area contributed by atoms with E-state index in [-0.39, 0.29) is 23.4 Å². The number of sulfonamides is 1. The second-order valence-corrected chi connectivity index (χ2v) is 12.2. The number of hydrogen-bond acceptors (Lipinski definition) is 4. The van der Waals surface area contributed by atoms with Crippen molar-refractivity contribution in [1.82, 2.24) is 10.2 Å². The van der Waals surface area contributed by atoms with Crippen LogP contribution in [0.1, 0.15) is 43.0 Å². The molecule has 0 fully saturated rings. The first kappa shape index (κ1) is 29.9. The quantitative estimate of drug-likeness (QED) is 0.373. The van der Waals surface area contributed by atoms with Crippen LogP contribution < -0.4 is 9.62 Å². The Balaban J connectivity index is 2.01. The SMILES string of the molecule is Cc1ccc(S(=O)(=O)N(CC(=O)N(CCc2ccccc2)C(C)C(=O)NC(C)C)c2cc(C)cc(C)c2)cc1. The number of nitrogens with zero attached hydrogens (tertiary/aromatic N) is 2. The van der Waals surface area contributed by atoms with Crippen molar-refractivity contribution in [3.05, 3.63) is 95.1 Å². The van der Waals surface area contributed by atoms with Crippen molar-refractivity contribution in [2.75, 3.05) is 17.4 Å². The zero-order chi connectivity index (χ0) is 28.7. The molecule has 3 rings (SSSR count). The molecule has 7 nitrogen and oxygen atoms in total. The molecule has 208 valence electrons. The highest BCUT2D eigenvalue weighted by atomic mass is 32.2. The summed E-state index contributed by atoms with van der Waals surface area (Å²) < 4.78 is 29.0. The summed E-state index contributed by atoms with van der Waals surface area (Å²) in [6.07, 6.45) is 0.528. The smallest absolute Gasteiger partial charge is 0.264 e. The minimum atomic E-state index is -4.08. The molecule has 0 bridgehead atoms. The van der Waals surface area contributed by atoms with Crippen LogP contribution in [0.3, 0.4) is 0 Å². The zero-order valence-corrected chi connectivity index (χ0v) is 24.5. The van der Waals surface area contributed by atoms with Gasteiger partial charge in [-0.1, -0.05) is 54.1 Å². The van der Waals surface area contributed by atoms with E-state index >= 15 is 0 Å². The van der Waals surface area contributed by atoms with Crippen molar-refractivity contribution in [2.24, 2.45) is 0 Å². The number of amides is 2. The molecular weight excluding hydrogens is 510 g/mol. The van der Waals surface area contributed by atoms with E-state index in [4.69, 9.17) is 0 Å². The first-order valence-corrected chi connectivity index (χ1v) is 14.6. The fourth-order valence-corrected chi connectivity index (χ4v) is 5.83. The van der Waals surface area contributed by atoms with E-state index in [0.717, 1.165) is 26.6 Å². The van der Waals surface area contributed by atoms with Crippen LogP contribution >= 0.6 is 0 Å². The summed E-state index contributed by atoms with van der Waals surface area (Å²) in [5.41, 5.74) is 4.12. The van der Waals surface area contributed by atoms with Crippen LogP contribution in [0.4, 0.5) is 5.69 Å². The van der Waals surface area contributed by atoms with Gasteiger partial charge >= 0.3 is 0 Å². The summed E-state index contributed by atoms with van der Waals surface area (Å²) in [4.78, 5) is 28.5. The third-order valence-electron chi connectivity index (χ3n) is 6.46. The fourth-order valence-electron chi connectivity index (χ4n) is 4.44. The van der Waals surface area contributed by atoms with Crippen molar-refractivity contribution in [3.8, 4) is 0 Å². The van der Waals surface area contributed by atoms with Gasteiger partial charge in [-0.3, -0.25) is 13.9 Å². The first-order chi connectivity index (χ1) is 18.4. The van der Waals surface area contributed by atoms with Gasteiger partial charge in [0.2, 0.25) is 11.8 Å². The van der Waals surface area contributed by atoms with Crippen LogP contribution in [0, 0.1) is 20.8 Å². The first-order valence-electron chi connectivity index (χ1n) is 13.2. The number of hydrogen-bond donors (Lipinski definition) is 1. The van der Waals surface area contributed by atoms with Gasteiger partial charge in [-0.05, 0) is 88.9 Å². The Kier molecular flexibility index (Phi) is 9.92. The molecule has 39 heavy (non-hydrogen) atoms. The van der Waals surface area contributed by atoms with Crippen LogP contribution in [0.15, 0.2) is 77.7 Å². The van der Waals surface area contributed by atoms with Gasteiger partial charge in [-0.2, -0.15) is 0 Å². The number of nitrogens with one attached hydrogen (secondary N) is 1. The van der Waals surface area contributed by atoms with Gasteiger partial charge in [0, 0.05) is 12.6 Å². The number of aryl methyl sites for hydroxylation is 3. The average molecular weight is 550 g/mol. The molecule has 0 spiro atoms. The van der Waals surface area contributed by atoms with Gasteiger partial charge in [0.1, 0.15) is 12.6 Å². The highest BCUT2D eigenvalue weighted by Gasteiger charge is 2.32. The molecule has 3 aromatic carbocycles. The van der Waals surface area contributed by atoms with E-state index in [0.29, 0.717) is 12.1 Å².